The van der Waals surface area contributed by atoms with Gasteiger partial charge in [0, 0.05) is 31.1 Å². The third-order valence-electron chi connectivity index (χ3n) is 5.76. The Morgan fingerprint density at radius 3 is 2.72 bits per heavy atom. The van der Waals surface area contributed by atoms with E-state index in [4.69, 9.17) is 5.73 Å². The molecule has 2 aromatic rings. The lowest BCUT2D eigenvalue weighted by Gasteiger charge is -2.45. The van der Waals surface area contributed by atoms with Crippen molar-refractivity contribution in [1.82, 2.24) is 9.29 Å². The lowest BCUT2D eigenvalue weighted by molar-refractivity contribution is -0.121. The SMILES string of the molecule is CN1C(N)=NC2(c3cc(NC(=O)c4ccc(F)cn4)ccc3F)CCC(=O)CC2S1(=O)=O. The van der Waals surface area contributed by atoms with Crippen LogP contribution in [0, 0.1) is 11.6 Å². The second-order valence-electron chi connectivity index (χ2n) is 7.65. The van der Waals surface area contributed by atoms with Crippen LogP contribution in [0.15, 0.2) is 41.5 Å². The number of pyridine rings is 1. The number of halogens is 2. The molecule has 12 heteroatoms. The molecule has 1 saturated carbocycles. The zero-order valence-corrected chi connectivity index (χ0v) is 17.7. The fourth-order valence-electron chi connectivity index (χ4n) is 4.05. The summed E-state index contributed by atoms with van der Waals surface area (Å²) in [4.78, 5) is 32.6. The number of guanidine groups is 1. The topological polar surface area (TPSA) is 135 Å². The van der Waals surface area contributed by atoms with Crippen molar-refractivity contribution in [3.63, 3.8) is 0 Å². The highest BCUT2D eigenvalue weighted by molar-refractivity contribution is 7.90. The molecule has 0 saturated heterocycles. The van der Waals surface area contributed by atoms with Crippen molar-refractivity contribution in [3.8, 4) is 0 Å². The number of nitrogens with two attached hydrogens (primary N) is 1. The first-order valence-corrected chi connectivity index (χ1v) is 11.1. The first-order chi connectivity index (χ1) is 15.0. The number of hydrogen-bond donors (Lipinski definition) is 2. The monoisotopic (exact) mass is 463 g/mol. The van der Waals surface area contributed by atoms with E-state index in [0.717, 1.165) is 22.6 Å². The van der Waals surface area contributed by atoms with Crippen LogP contribution in [0.25, 0.3) is 0 Å². The first-order valence-electron chi connectivity index (χ1n) is 9.62. The number of carbonyl (C=O) groups is 2. The minimum Gasteiger partial charge on any atom is -0.369 e. The summed E-state index contributed by atoms with van der Waals surface area (Å²) in [6.07, 6.45) is 0.494. The van der Waals surface area contributed by atoms with E-state index in [1.807, 2.05) is 0 Å². The highest BCUT2D eigenvalue weighted by Gasteiger charge is 2.56. The average Bonchev–Trinajstić information content (AvgIpc) is 2.75. The molecule has 2 atom stereocenters. The Labute approximate surface area is 182 Å². The Morgan fingerprint density at radius 1 is 1.28 bits per heavy atom. The number of benzene rings is 1. The second kappa shape index (κ2) is 7.62. The van der Waals surface area contributed by atoms with E-state index in [9.17, 15) is 22.4 Å². The third-order valence-corrected chi connectivity index (χ3v) is 7.99. The number of fused-ring (bicyclic) bond motifs is 1. The maximum absolute atomic E-state index is 15.0. The number of nitrogens with one attached hydrogen (secondary N) is 1. The minimum absolute atomic E-state index is 0.00202. The van der Waals surface area contributed by atoms with Crippen LogP contribution < -0.4 is 11.1 Å². The predicted octanol–water partition coefficient (Wildman–Crippen LogP) is 1.52. The zero-order chi connectivity index (χ0) is 23.3. The third kappa shape index (κ3) is 3.49. The maximum atomic E-state index is 15.0. The number of nitrogens with zero attached hydrogens (tertiary/aromatic N) is 3. The molecule has 1 aliphatic carbocycles. The molecule has 0 spiro atoms. The van der Waals surface area contributed by atoms with Crippen molar-refractivity contribution < 1.29 is 26.8 Å². The Bertz CT molecular complexity index is 1250. The van der Waals surface area contributed by atoms with Crippen LogP contribution in [0.2, 0.25) is 0 Å². The van der Waals surface area contributed by atoms with Gasteiger partial charge in [-0.1, -0.05) is 0 Å². The number of aromatic nitrogens is 1. The van der Waals surface area contributed by atoms with Gasteiger partial charge in [-0.15, -0.1) is 0 Å². The Balaban J connectivity index is 1.79. The molecule has 1 amide bonds. The van der Waals surface area contributed by atoms with Gasteiger partial charge in [0.15, 0.2) is 0 Å². The first kappa shape index (κ1) is 21.8. The van der Waals surface area contributed by atoms with E-state index in [0.29, 0.717) is 0 Å². The van der Waals surface area contributed by atoms with Crippen LogP contribution in [0.4, 0.5) is 14.5 Å². The lowest BCUT2D eigenvalue weighted by atomic mass is 9.75. The van der Waals surface area contributed by atoms with E-state index in [1.165, 1.54) is 25.2 Å². The van der Waals surface area contributed by atoms with Crippen molar-refractivity contribution in [2.24, 2.45) is 10.7 Å². The maximum Gasteiger partial charge on any atom is 0.274 e. The molecular formula is C20H19F2N5O4S. The van der Waals surface area contributed by atoms with Crippen LogP contribution in [-0.4, -0.2) is 47.7 Å². The van der Waals surface area contributed by atoms with Crippen LogP contribution in [-0.2, 0) is 20.4 Å². The van der Waals surface area contributed by atoms with E-state index in [-0.39, 0.29) is 48.0 Å². The molecule has 4 rings (SSSR count). The van der Waals surface area contributed by atoms with Gasteiger partial charge in [0.1, 0.15) is 33.9 Å². The fraction of sp³-hybridized carbons (Fsp3) is 0.300. The number of Topliss-reactive ketones (excluding diaryl/α,β-unsaturated/α-hetero) is 1. The number of ketones is 1. The summed E-state index contributed by atoms with van der Waals surface area (Å²) < 4.78 is 55.0. The van der Waals surface area contributed by atoms with Crippen molar-refractivity contribution in [2.75, 3.05) is 12.4 Å². The summed E-state index contributed by atoms with van der Waals surface area (Å²) in [7, 11) is -2.87. The molecule has 3 N–H and O–H groups in total. The second-order valence-corrected chi connectivity index (χ2v) is 9.80. The van der Waals surface area contributed by atoms with Gasteiger partial charge in [-0.25, -0.2) is 31.5 Å². The summed E-state index contributed by atoms with van der Waals surface area (Å²) in [6.45, 7) is 0. The van der Waals surface area contributed by atoms with Gasteiger partial charge >= 0.3 is 0 Å². The van der Waals surface area contributed by atoms with Gasteiger partial charge in [0.25, 0.3) is 5.91 Å². The normalized spacial score (nSPS) is 24.5. The molecule has 168 valence electrons. The van der Waals surface area contributed by atoms with Crippen molar-refractivity contribution in [1.29, 1.82) is 0 Å². The summed E-state index contributed by atoms with van der Waals surface area (Å²) in [5, 5.41) is 1.19. The van der Waals surface area contributed by atoms with Gasteiger partial charge in [-0.05, 0) is 36.8 Å². The highest BCUT2D eigenvalue weighted by Crippen LogP contribution is 2.47. The Kier molecular flexibility index (Phi) is 5.19. The van der Waals surface area contributed by atoms with Gasteiger partial charge in [-0.2, -0.15) is 0 Å². The van der Waals surface area contributed by atoms with Gasteiger partial charge in [0.05, 0.1) is 6.20 Å². The molecule has 1 aromatic carbocycles. The minimum atomic E-state index is -4.09. The summed E-state index contributed by atoms with van der Waals surface area (Å²) in [6, 6.07) is 5.89. The fourth-order valence-corrected chi connectivity index (χ4v) is 5.92. The number of rotatable bonds is 3. The molecule has 9 nitrogen and oxygen atoms in total. The molecule has 2 aliphatic rings. The van der Waals surface area contributed by atoms with E-state index in [1.54, 1.807) is 0 Å². The van der Waals surface area contributed by atoms with Crippen LogP contribution >= 0.6 is 0 Å². The molecule has 1 aromatic heterocycles. The largest absolute Gasteiger partial charge is 0.369 e. The number of sulfonamides is 1. The number of anilines is 1. The van der Waals surface area contributed by atoms with Crippen LogP contribution in [0.3, 0.4) is 0 Å². The Morgan fingerprint density at radius 2 is 2.03 bits per heavy atom. The zero-order valence-electron chi connectivity index (χ0n) is 16.9. The van der Waals surface area contributed by atoms with Gasteiger partial charge in [0.2, 0.25) is 16.0 Å². The van der Waals surface area contributed by atoms with E-state index >= 15 is 4.39 Å². The number of carbonyl (C=O) groups excluding carboxylic acids is 2. The van der Waals surface area contributed by atoms with Gasteiger partial charge < -0.3 is 11.1 Å². The molecule has 1 fully saturated rings. The molecule has 1 aliphatic heterocycles. The molecule has 0 bridgehead atoms. The van der Waals surface area contributed by atoms with E-state index < -0.39 is 38.4 Å². The Hall–Kier alpha value is -3.41. The lowest BCUT2D eigenvalue weighted by Crippen LogP contribution is -2.59. The van der Waals surface area contributed by atoms with Gasteiger partial charge in [-0.3, -0.25) is 9.59 Å². The highest BCUT2D eigenvalue weighted by atomic mass is 32.2. The molecule has 0 radical (unpaired) electrons. The van der Waals surface area contributed by atoms with Crippen molar-refractivity contribution in [3.05, 3.63) is 59.4 Å². The summed E-state index contributed by atoms with van der Waals surface area (Å²) in [5.74, 6) is -2.62. The molecule has 2 heterocycles. The van der Waals surface area contributed by atoms with Crippen LogP contribution in [0.1, 0.15) is 35.3 Å². The summed E-state index contributed by atoms with van der Waals surface area (Å²) >= 11 is 0. The molecule has 2 unspecified atom stereocenters. The molecule has 32 heavy (non-hydrogen) atoms. The van der Waals surface area contributed by atoms with E-state index in [2.05, 4.69) is 15.3 Å². The number of aliphatic imine (C=N–C) groups is 1. The number of amides is 1. The number of hydrogen-bond acceptors (Lipinski definition) is 7. The standard InChI is InChI=1S/C20H19F2N5O4S/c1-27-19(23)26-20(7-6-13(28)9-17(20)32(27,30)31)14-8-12(3-4-15(14)22)25-18(29)16-5-2-11(21)10-24-16/h2-5,8,10,17H,6-7,9H2,1H3,(H2,23,26)(H,25,29). The van der Waals surface area contributed by atoms with Crippen molar-refractivity contribution in [2.45, 2.75) is 30.1 Å². The molecular weight excluding hydrogens is 444 g/mol. The van der Waals surface area contributed by atoms with Crippen molar-refractivity contribution >= 4 is 33.4 Å². The van der Waals surface area contributed by atoms with Crippen LogP contribution in [0.5, 0.6) is 0 Å². The smallest absolute Gasteiger partial charge is 0.274 e. The quantitative estimate of drug-likeness (QED) is 0.709. The summed E-state index contributed by atoms with van der Waals surface area (Å²) in [5.41, 5.74) is 4.21. The average molecular weight is 463 g/mol. The predicted molar refractivity (Wildman–Crippen MR) is 111 cm³/mol.